The molecule has 1 aromatic heterocycles. The first kappa shape index (κ1) is 13.7. The van der Waals surface area contributed by atoms with Crippen molar-refractivity contribution >= 4 is 6.29 Å². The Hall–Kier alpha value is -1.33. The number of carbonyl (C=O) groups is 1. The molecule has 0 aliphatic carbocycles. The molecule has 0 N–H and O–H groups in total. The van der Waals surface area contributed by atoms with Crippen LogP contribution in [-0.4, -0.2) is 36.0 Å². The zero-order valence-corrected chi connectivity index (χ0v) is 10.3. The van der Waals surface area contributed by atoms with Crippen molar-refractivity contribution < 1.29 is 14.0 Å². The fourth-order valence-corrected chi connectivity index (χ4v) is 1.51. The summed E-state index contributed by atoms with van der Waals surface area (Å²) in [5.74, 6) is -0.579. The van der Waals surface area contributed by atoms with Crippen LogP contribution in [0.4, 0.5) is 4.39 Å². The molecular weight excluding hydrogens is 223 g/mol. The van der Waals surface area contributed by atoms with Crippen LogP contribution in [0.3, 0.4) is 0 Å². The first-order valence-electron chi connectivity index (χ1n) is 5.50. The number of hydrogen-bond donors (Lipinski definition) is 0. The third-order valence-electron chi connectivity index (χ3n) is 2.23. The summed E-state index contributed by atoms with van der Waals surface area (Å²) < 4.78 is 13.2. The standard InChI is InChI=1S/C12H17FN2O2/c1-9(2)17-15(3)5-4-10-6-14-7-12(13)11(10)8-16/h6-9H,4-5H2,1-3H3. The van der Waals surface area contributed by atoms with Gasteiger partial charge in [-0.2, -0.15) is 5.06 Å². The maximum absolute atomic E-state index is 13.2. The average Bonchev–Trinajstić information content (AvgIpc) is 2.25. The summed E-state index contributed by atoms with van der Waals surface area (Å²) in [6.45, 7) is 4.43. The van der Waals surface area contributed by atoms with Gasteiger partial charge in [0.1, 0.15) is 0 Å². The first-order valence-corrected chi connectivity index (χ1v) is 5.50. The van der Waals surface area contributed by atoms with Gasteiger partial charge in [0.2, 0.25) is 0 Å². The van der Waals surface area contributed by atoms with Gasteiger partial charge in [-0.3, -0.25) is 14.6 Å². The molecule has 4 nitrogen and oxygen atoms in total. The number of carbonyl (C=O) groups excluding carboxylic acids is 1. The number of likely N-dealkylation sites (N-methyl/N-ethyl adjacent to an activating group) is 1. The molecule has 0 bridgehead atoms. The largest absolute Gasteiger partial charge is 0.298 e. The van der Waals surface area contributed by atoms with Crippen LogP contribution in [0.5, 0.6) is 0 Å². The molecule has 0 aliphatic heterocycles. The lowest BCUT2D eigenvalue weighted by molar-refractivity contribution is -0.169. The quantitative estimate of drug-likeness (QED) is 0.562. The molecule has 0 radical (unpaired) electrons. The molecule has 0 amide bonds. The van der Waals surface area contributed by atoms with Gasteiger partial charge in [-0.15, -0.1) is 0 Å². The lowest BCUT2D eigenvalue weighted by Crippen LogP contribution is -2.25. The highest BCUT2D eigenvalue weighted by Gasteiger charge is 2.09. The number of aromatic nitrogens is 1. The van der Waals surface area contributed by atoms with Gasteiger partial charge in [0.25, 0.3) is 0 Å². The molecular formula is C12H17FN2O2. The minimum atomic E-state index is -0.579. The molecule has 17 heavy (non-hydrogen) atoms. The molecule has 0 fully saturated rings. The van der Waals surface area contributed by atoms with Crippen molar-refractivity contribution in [3.63, 3.8) is 0 Å². The van der Waals surface area contributed by atoms with Gasteiger partial charge in [0, 0.05) is 19.8 Å². The lowest BCUT2D eigenvalue weighted by Gasteiger charge is -2.19. The Balaban J connectivity index is 2.63. The van der Waals surface area contributed by atoms with Crippen LogP contribution in [0.2, 0.25) is 0 Å². The Morgan fingerprint density at radius 1 is 1.53 bits per heavy atom. The highest BCUT2D eigenvalue weighted by Crippen LogP contribution is 2.10. The van der Waals surface area contributed by atoms with Crippen LogP contribution in [0.15, 0.2) is 12.4 Å². The maximum Gasteiger partial charge on any atom is 0.153 e. The number of hydrogen-bond acceptors (Lipinski definition) is 4. The Kier molecular flexibility index (Phi) is 5.18. The van der Waals surface area contributed by atoms with Gasteiger partial charge >= 0.3 is 0 Å². The smallest absolute Gasteiger partial charge is 0.153 e. The van der Waals surface area contributed by atoms with Crippen molar-refractivity contribution in [2.24, 2.45) is 0 Å². The Morgan fingerprint density at radius 3 is 2.82 bits per heavy atom. The average molecular weight is 240 g/mol. The SMILES string of the molecule is CC(C)ON(C)CCc1cncc(F)c1C=O. The molecule has 0 aliphatic rings. The number of hydroxylamine groups is 2. The van der Waals surface area contributed by atoms with Crippen molar-refractivity contribution in [2.75, 3.05) is 13.6 Å². The minimum absolute atomic E-state index is 0.0814. The van der Waals surface area contributed by atoms with Gasteiger partial charge in [-0.05, 0) is 25.8 Å². The van der Waals surface area contributed by atoms with E-state index < -0.39 is 5.82 Å². The number of rotatable bonds is 6. The van der Waals surface area contributed by atoms with Gasteiger partial charge in [0.15, 0.2) is 12.1 Å². The summed E-state index contributed by atoms with van der Waals surface area (Å²) in [5.41, 5.74) is 0.678. The van der Waals surface area contributed by atoms with E-state index in [-0.39, 0.29) is 11.7 Å². The molecule has 0 spiro atoms. The van der Waals surface area contributed by atoms with Crippen LogP contribution in [-0.2, 0) is 11.3 Å². The van der Waals surface area contributed by atoms with Crippen molar-refractivity contribution in [3.8, 4) is 0 Å². The predicted molar refractivity (Wildman–Crippen MR) is 62.1 cm³/mol. The second kappa shape index (κ2) is 6.42. The van der Waals surface area contributed by atoms with E-state index in [0.29, 0.717) is 24.8 Å². The second-order valence-electron chi connectivity index (χ2n) is 4.07. The summed E-state index contributed by atoms with van der Waals surface area (Å²) in [5, 5.41) is 1.67. The zero-order chi connectivity index (χ0) is 12.8. The molecule has 0 saturated carbocycles. The van der Waals surface area contributed by atoms with E-state index in [1.165, 1.54) is 6.20 Å². The van der Waals surface area contributed by atoms with Crippen molar-refractivity contribution in [1.29, 1.82) is 0 Å². The number of aldehydes is 1. The molecule has 0 saturated heterocycles. The summed E-state index contributed by atoms with van der Waals surface area (Å²) in [4.78, 5) is 19.9. The van der Waals surface area contributed by atoms with E-state index in [2.05, 4.69) is 4.98 Å². The summed E-state index contributed by atoms with van der Waals surface area (Å²) >= 11 is 0. The van der Waals surface area contributed by atoms with Crippen LogP contribution < -0.4 is 0 Å². The fraction of sp³-hybridized carbons (Fsp3) is 0.500. The van der Waals surface area contributed by atoms with Gasteiger partial charge in [0.05, 0.1) is 17.9 Å². The highest BCUT2D eigenvalue weighted by atomic mass is 19.1. The lowest BCUT2D eigenvalue weighted by atomic mass is 10.1. The molecule has 94 valence electrons. The fourth-order valence-electron chi connectivity index (χ4n) is 1.51. The van der Waals surface area contributed by atoms with E-state index in [9.17, 15) is 9.18 Å². The Labute approximate surface area is 100 Å². The van der Waals surface area contributed by atoms with Crippen LogP contribution in [0.25, 0.3) is 0 Å². The van der Waals surface area contributed by atoms with Gasteiger partial charge in [-0.25, -0.2) is 4.39 Å². The molecule has 1 aromatic rings. The van der Waals surface area contributed by atoms with E-state index in [1.54, 1.807) is 12.1 Å². The van der Waals surface area contributed by atoms with E-state index >= 15 is 0 Å². The van der Waals surface area contributed by atoms with Gasteiger partial charge in [-0.1, -0.05) is 0 Å². The molecule has 0 aromatic carbocycles. The number of pyridine rings is 1. The zero-order valence-electron chi connectivity index (χ0n) is 10.3. The van der Waals surface area contributed by atoms with Crippen LogP contribution >= 0.6 is 0 Å². The van der Waals surface area contributed by atoms with E-state index in [0.717, 1.165) is 6.20 Å². The highest BCUT2D eigenvalue weighted by molar-refractivity contribution is 5.77. The molecule has 1 heterocycles. The number of nitrogens with zero attached hydrogens (tertiary/aromatic N) is 2. The van der Waals surface area contributed by atoms with Crippen molar-refractivity contribution in [2.45, 2.75) is 26.4 Å². The molecule has 0 unspecified atom stereocenters. The third kappa shape index (κ3) is 4.20. The molecule has 1 rings (SSSR count). The first-order chi connectivity index (χ1) is 8.04. The van der Waals surface area contributed by atoms with E-state index in [1.807, 2.05) is 13.8 Å². The van der Waals surface area contributed by atoms with Crippen LogP contribution in [0.1, 0.15) is 29.8 Å². The molecule has 0 atom stereocenters. The summed E-state index contributed by atoms with van der Waals surface area (Å²) in [7, 11) is 1.80. The topological polar surface area (TPSA) is 42.4 Å². The normalized spacial score (nSPS) is 11.2. The van der Waals surface area contributed by atoms with Crippen LogP contribution in [0, 0.1) is 5.82 Å². The Bertz CT molecular complexity index is 383. The number of halogens is 1. The summed E-state index contributed by atoms with van der Waals surface area (Å²) in [6.07, 6.45) is 3.69. The Morgan fingerprint density at radius 2 is 2.24 bits per heavy atom. The maximum atomic E-state index is 13.2. The molecule has 5 heteroatoms. The minimum Gasteiger partial charge on any atom is -0.298 e. The summed E-state index contributed by atoms with van der Waals surface area (Å²) in [6, 6.07) is 0. The van der Waals surface area contributed by atoms with Gasteiger partial charge < -0.3 is 0 Å². The van der Waals surface area contributed by atoms with E-state index in [4.69, 9.17) is 4.84 Å². The third-order valence-corrected chi connectivity index (χ3v) is 2.23. The second-order valence-corrected chi connectivity index (χ2v) is 4.07. The predicted octanol–water partition coefficient (Wildman–Crippen LogP) is 1.85. The monoisotopic (exact) mass is 240 g/mol. The van der Waals surface area contributed by atoms with Crippen molar-refractivity contribution in [3.05, 3.63) is 29.3 Å². The van der Waals surface area contributed by atoms with Crippen molar-refractivity contribution in [1.82, 2.24) is 10.0 Å².